The van der Waals surface area contributed by atoms with Gasteiger partial charge in [-0.25, -0.2) is 8.42 Å². The second-order valence-electron chi connectivity index (χ2n) is 7.76. The molecule has 0 atom stereocenters. The molecule has 1 aromatic carbocycles. The smallest absolute Gasteiger partial charge is 0.259 e. The van der Waals surface area contributed by atoms with Crippen molar-refractivity contribution in [3.63, 3.8) is 0 Å². The van der Waals surface area contributed by atoms with E-state index in [0.29, 0.717) is 22.4 Å². The Balaban J connectivity index is 1.75. The molecule has 0 fully saturated rings. The molecule has 3 rings (SSSR count). The van der Waals surface area contributed by atoms with Crippen LogP contribution in [0, 0.1) is 13.8 Å². The molecule has 0 saturated carbocycles. The first-order chi connectivity index (χ1) is 13.5. The molecule has 2 aromatic rings. The third-order valence-corrected chi connectivity index (χ3v) is 5.48. The van der Waals surface area contributed by atoms with Crippen LogP contribution in [0.2, 0.25) is 0 Å². The number of amidine groups is 1. The highest BCUT2D eigenvalue weighted by atomic mass is 32.2. The van der Waals surface area contributed by atoms with Gasteiger partial charge >= 0.3 is 0 Å². The van der Waals surface area contributed by atoms with Crippen molar-refractivity contribution in [1.29, 1.82) is 0 Å². The summed E-state index contributed by atoms with van der Waals surface area (Å²) in [6.45, 7) is 7.50. The standard InChI is InChI=1S/C20H24N4O4S/c1-12-8-15(9-13(2)22-12)19(25)23-20(3,4)11-28-16-7-5-6-14-10-29(26,27)24-18(21)17(14)16/h5-9H,10-11H2,1-4H3,(H2,21,24)(H,23,25). The molecular formula is C20H24N4O4S. The SMILES string of the molecule is Cc1cc(C(=O)NC(C)(C)COc2cccc3c2C(N)=NS(=O)(=O)C3)cc(C)n1. The molecule has 0 radical (unpaired) electrons. The molecule has 0 saturated heterocycles. The predicted molar refractivity (Wildman–Crippen MR) is 111 cm³/mol. The maximum atomic E-state index is 12.6. The first-order valence-corrected chi connectivity index (χ1v) is 10.7. The molecule has 8 nitrogen and oxygen atoms in total. The molecule has 2 heterocycles. The summed E-state index contributed by atoms with van der Waals surface area (Å²) >= 11 is 0. The molecule has 29 heavy (non-hydrogen) atoms. The number of sulfonamides is 1. The van der Waals surface area contributed by atoms with E-state index in [1.165, 1.54) is 0 Å². The van der Waals surface area contributed by atoms with E-state index >= 15 is 0 Å². The molecular weight excluding hydrogens is 392 g/mol. The number of benzene rings is 1. The summed E-state index contributed by atoms with van der Waals surface area (Å²) in [5.74, 6) is -0.112. The quantitative estimate of drug-likeness (QED) is 0.766. The molecule has 1 amide bonds. The first-order valence-electron chi connectivity index (χ1n) is 9.07. The molecule has 0 unspecified atom stereocenters. The van der Waals surface area contributed by atoms with Crippen molar-refractivity contribution < 1.29 is 17.9 Å². The maximum Gasteiger partial charge on any atom is 0.259 e. The van der Waals surface area contributed by atoms with Crippen LogP contribution >= 0.6 is 0 Å². The number of nitrogens with one attached hydrogen (secondary N) is 1. The fourth-order valence-corrected chi connectivity index (χ4v) is 4.26. The lowest BCUT2D eigenvalue weighted by Gasteiger charge is -2.27. The Morgan fingerprint density at radius 3 is 2.55 bits per heavy atom. The highest BCUT2D eigenvalue weighted by Crippen LogP contribution is 2.28. The van der Waals surface area contributed by atoms with Gasteiger partial charge in [-0.1, -0.05) is 12.1 Å². The van der Waals surface area contributed by atoms with E-state index in [-0.39, 0.29) is 24.1 Å². The van der Waals surface area contributed by atoms with Crippen molar-refractivity contribution in [2.75, 3.05) is 6.61 Å². The zero-order valence-corrected chi connectivity index (χ0v) is 17.6. The number of ether oxygens (including phenoxy) is 1. The fraction of sp³-hybridized carbons (Fsp3) is 0.350. The number of nitrogens with zero attached hydrogens (tertiary/aromatic N) is 2. The molecule has 9 heteroatoms. The van der Waals surface area contributed by atoms with Crippen LogP contribution in [0.15, 0.2) is 34.7 Å². The molecule has 1 aliphatic rings. The van der Waals surface area contributed by atoms with Crippen molar-refractivity contribution in [3.05, 3.63) is 58.4 Å². The third-order valence-electron chi connectivity index (χ3n) is 4.33. The van der Waals surface area contributed by atoms with Gasteiger partial charge in [-0.15, -0.1) is 4.40 Å². The molecule has 154 valence electrons. The monoisotopic (exact) mass is 416 g/mol. The van der Waals surface area contributed by atoms with Gasteiger partial charge < -0.3 is 15.8 Å². The average Bonchev–Trinajstić information content (AvgIpc) is 2.57. The van der Waals surface area contributed by atoms with Gasteiger partial charge in [-0.3, -0.25) is 9.78 Å². The van der Waals surface area contributed by atoms with Crippen LogP contribution in [0.1, 0.15) is 46.7 Å². The minimum absolute atomic E-state index is 0.0913. The van der Waals surface area contributed by atoms with Crippen molar-refractivity contribution in [2.45, 2.75) is 39.0 Å². The molecule has 1 aromatic heterocycles. The minimum atomic E-state index is -3.61. The number of nitrogens with two attached hydrogens (primary N) is 1. The topological polar surface area (TPSA) is 124 Å². The zero-order chi connectivity index (χ0) is 21.4. The first kappa shape index (κ1) is 20.8. The molecule has 1 aliphatic heterocycles. The van der Waals surface area contributed by atoms with E-state index < -0.39 is 15.6 Å². The maximum absolute atomic E-state index is 12.6. The number of amides is 1. The summed E-state index contributed by atoms with van der Waals surface area (Å²) in [5, 5.41) is 2.95. The van der Waals surface area contributed by atoms with Crippen LogP contribution in [-0.4, -0.2) is 37.3 Å². The number of aryl methyl sites for hydroxylation is 2. The van der Waals surface area contributed by atoms with Crippen molar-refractivity contribution in [1.82, 2.24) is 10.3 Å². The third kappa shape index (κ3) is 4.92. The Hall–Kier alpha value is -2.94. The van der Waals surface area contributed by atoms with Gasteiger partial charge in [0.1, 0.15) is 18.2 Å². The Morgan fingerprint density at radius 2 is 1.90 bits per heavy atom. The Kier molecular flexibility index (Phi) is 5.36. The van der Waals surface area contributed by atoms with Crippen molar-refractivity contribution in [3.8, 4) is 5.75 Å². The van der Waals surface area contributed by atoms with Gasteiger partial charge in [-0.05, 0) is 51.5 Å². The highest BCUT2D eigenvalue weighted by molar-refractivity contribution is 7.89. The zero-order valence-electron chi connectivity index (χ0n) is 16.8. The lowest BCUT2D eigenvalue weighted by molar-refractivity contribution is 0.0880. The van der Waals surface area contributed by atoms with Gasteiger partial charge in [0.05, 0.1) is 16.9 Å². The lowest BCUT2D eigenvalue weighted by Crippen LogP contribution is -2.48. The van der Waals surface area contributed by atoms with Crippen molar-refractivity contribution >= 4 is 21.8 Å². The summed E-state index contributed by atoms with van der Waals surface area (Å²) in [7, 11) is -3.61. The molecule has 0 aliphatic carbocycles. The number of hydrogen-bond acceptors (Lipinski definition) is 6. The van der Waals surface area contributed by atoms with Crippen LogP contribution in [-0.2, 0) is 15.8 Å². The summed E-state index contributed by atoms with van der Waals surface area (Å²) in [5.41, 5.74) is 8.25. The van der Waals surface area contributed by atoms with Gasteiger partial charge in [0.25, 0.3) is 15.9 Å². The fourth-order valence-electron chi connectivity index (χ4n) is 3.17. The van der Waals surface area contributed by atoms with Gasteiger partial charge in [-0.2, -0.15) is 0 Å². The van der Waals surface area contributed by atoms with Crippen LogP contribution in [0.5, 0.6) is 5.75 Å². The van der Waals surface area contributed by atoms with E-state index in [0.717, 1.165) is 11.4 Å². The molecule has 3 N–H and O–H groups in total. The molecule has 0 bridgehead atoms. The summed E-state index contributed by atoms with van der Waals surface area (Å²) < 4.78 is 33.1. The number of hydrogen-bond donors (Lipinski definition) is 2. The summed E-state index contributed by atoms with van der Waals surface area (Å²) in [6.07, 6.45) is 0. The average molecular weight is 417 g/mol. The number of rotatable bonds is 5. The number of fused-ring (bicyclic) bond motifs is 1. The van der Waals surface area contributed by atoms with Crippen LogP contribution in [0.3, 0.4) is 0 Å². The van der Waals surface area contributed by atoms with Gasteiger partial charge in [0, 0.05) is 17.0 Å². The normalized spacial score (nSPS) is 15.2. The van der Waals surface area contributed by atoms with E-state index in [1.807, 2.05) is 27.7 Å². The number of carbonyl (C=O) groups is 1. The number of pyridine rings is 1. The van der Waals surface area contributed by atoms with E-state index in [4.69, 9.17) is 10.5 Å². The van der Waals surface area contributed by atoms with E-state index in [1.54, 1.807) is 30.3 Å². The van der Waals surface area contributed by atoms with Crippen molar-refractivity contribution in [2.24, 2.45) is 10.1 Å². The van der Waals surface area contributed by atoms with Crippen LogP contribution in [0.25, 0.3) is 0 Å². The number of carbonyl (C=O) groups excluding carboxylic acids is 1. The summed E-state index contributed by atoms with van der Waals surface area (Å²) in [4.78, 5) is 16.9. The summed E-state index contributed by atoms with van der Waals surface area (Å²) in [6, 6.07) is 8.54. The second-order valence-corrected chi connectivity index (χ2v) is 9.39. The largest absolute Gasteiger partial charge is 0.490 e. The second kappa shape index (κ2) is 7.47. The lowest BCUT2D eigenvalue weighted by atomic mass is 10.0. The minimum Gasteiger partial charge on any atom is -0.490 e. The van der Waals surface area contributed by atoms with E-state index in [9.17, 15) is 13.2 Å². The van der Waals surface area contributed by atoms with Crippen LogP contribution < -0.4 is 15.8 Å². The van der Waals surface area contributed by atoms with E-state index in [2.05, 4.69) is 14.7 Å². The van der Waals surface area contributed by atoms with Gasteiger partial charge in [0.15, 0.2) is 0 Å². The number of aromatic nitrogens is 1. The van der Waals surface area contributed by atoms with Crippen LogP contribution in [0.4, 0.5) is 0 Å². The Bertz CT molecular complexity index is 1090. The predicted octanol–water partition coefficient (Wildman–Crippen LogP) is 1.83. The Labute approximate surface area is 170 Å². The highest BCUT2D eigenvalue weighted by Gasteiger charge is 2.27. The van der Waals surface area contributed by atoms with Gasteiger partial charge in [0.2, 0.25) is 0 Å². The molecule has 0 spiro atoms. The Morgan fingerprint density at radius 1 is 1.24 bits per heavy atom.